The van der Waals surface area contributed by atoms with Crippen LogP contribution in [0.15, 0.2) is 24.3 Å². The van der Waals surface area contributed by atoms with Crippen LogP contribution in [-0.2, 0) is 9.47 Å². The van der Waals surface area contributed by atoms with E-state index < -0.39 is 0 Å². The molecule has 4 heteroatoms. The first-order chi connectivity index (χ1) is 8.79. The Labute approximate surface area is 108 Å². The van der Waals surface area contributed by atoms with E-state index in [9.17, 15) is 4.79 Å². The van der Waals surface area contributed by atoms with Crippen molar-refractivity contribution in [3.8, 4) is 5.75 Å². The average molecular weight is 252 g/mol. The number of carbonyl (C=O) groups is 1. The summed E-state index contributed by atoms with van der Waals surface area (Å²) in [5.41, 5.74) is 0.478. The molecule has 0 amide bonds. The summed E-state index contributed by atoms with van der Waals surface area (Å²) in [5, 5.41) is 0. The molecule has 18 heavy (non-hydrogen) atoms. The van der Waals surface area contributed by atoms with E-state index in [4.69, 9.17) is 14.2 Å². The van der Waals surface area contributed by atoms with Crippen LogP contribution in [0, 0.1) is 0 Å². The average Bonchev–Trinajstić information content (AvgIpc) is 2.39. The molecule has 0 saturated carbocycles. The van der Waals surface area contributed by atoms with E-state index in [1.807, 2.05) is 6.07 Å². The summed E-state index contributed by atoms with van der Waals surface area (Å²) in [4.78, 5) is 11.7. The Balaban J connectivity index is 2.51. The van der Waals surface area contributed by atoms with Gasteiger partial charge in [0.25, 0.3) is 0 Å². The molecule has 1 rings (SSSR count). The van der Waals surface area contributed by atoms with Gasteiger partial charge in [0, 0.05) is 13.7 Å². The molecule has 0 atom stereocenters. The Morgan fingerprint density at radius 1 is 1.17 bits per heavy atom. The number of hydrogen-bond donors (Lipinski definition) is 0. The first-order valence-electron chi connectivity index (χ1n) is 6.17. The number of methoxy groups -OCH3 is 1. The third-order valence-corrected chi connectivity index (χ3v) is 2.38. The molecule has 0 saturated heterocycles. The topological polar surface area (TPSA) is 44.8 Å². The number of benzene rings is 1. The minimum atomic E-state index is -0.343. The predicted molar refractivity (Wildman–Crippen MR) is 69.0 cm³/mol. The van der Waals surface area contributed by atoms with E-state index >= 15 is 0 Å². The first-order valence-corrected chi connectivity index (χ1v) is 6.17. The highest BCUT2D eigenvalue weighted by Gasteiger charge is 2.12. The van der Waals surface area contributed by atoms with Gasteiger partial charge in [-0.15, -0.1) is 0 Å². The van der Waals surface area contributed by atoms with Gasteiger partial charge in [-0.1, -0.05) is 12.1 Å². The molecule has 1 aromatic rings. The molecule has 0 N–H and O–H groups in total. The van der Waals surface area contributed by atoms with Crippen molar-refractivity contribution in [1.29, 1.82) is 0 Å². The molecule has 0 aliphatic heterocycles. The third kappa shape index (κ3) is 4.75. The van der Waals surface area contributed by atoms with Crippen LogP contribution in [0.25, 0.3) is 0 Å². The van der Waals surface area contributed by atoms with E-state index in [0.717, 1.165) is 19.4 Å². The van der Waals surface area contributed by atoms with Gasteiger partial charge in [-0.3, -0.25) is 0 Å². The monoisotopic (exact) mass is 252 g/mol. The summed E-state index contributed by atoms with van der Waals surface area (Å²) < 4.78 is 15.5. The number of carbonyl (C=O) groups excluding carboxylic acids is 1. The van der Waals surface area contributed by atoms with Crippen molar-refractivity contribution in [1.82, 2.24) is 0 Å². The van der Waals surface area contributed by atoms with Crippen molar-refractivity contribution < 1.29 is 19.0 Å². The molecule has 0 spiro atoms. The predicted octanol–water partition coefficient (Wildman–Crippen LogP) is 2.67. The summed E-state index contributed by atoms with van der Waals surface area (Å²) >= 11 is 0. The second-order valence-electron chi connectivity index (χ2n) is 3.76. The van der Waals surface area contributed by atoms with Gasteiger partial charge in [0.1, 0.15) is 11.3 Å². The minimum absolute atomic E-state index is 0.343. The SMILES string of the molecule is CCOC(=O)c1ccccc1OCCCCOC. The zero-order valence-corrected chi connectivity index (χ0v) is 11.0. The van der Waals surface area contributed by atoms with Crippen LogP contribution >= 0.6 is 0 Å². The summed E-state index contributed by atoms with van der Waals surface area (Å²) in [6.07, 6.45) is 1.84. The maximum atomic E-state index is 11.7. The molecule has 0 aromatic heterocycles. The lowest BCUT2D eigenvalue weighted by molar-refractivity contribution is 0.0521. The molecular formula is C14H20O4. The van der Waals surface area contributed by atoms with Crippen molar-refractivity contribution in [3.05, 3.63) is 29.8 Å². The Hall–Kier alpha value is -1.55. The molecule has 0 aliphatic rings. The third-order valence-electron chi connectivity index (χ3n) is 2.38. The Kier molecular flexibility index (Phi) is 6.87. The summed E-state index contributed by atoms with van der Waals surface area (Å²) in [6, 6.07) is 7.13. The van der Waals surface area contributed by atoms with Gasteiger partial charge in [0.2, 0.25) is 0 Å². The number of rotatable bonds is 8. The zero-order valence-electron chi connectivity index (χ0n) is 11.0. The van der Waals surface area contributed by atoms with Crippen molar-refractivity contribution in [2.45, 2.75) is 19.8 Å². The maximum absolute atomic E-state index is 11.7. The van der Waals surface area contributed by atoms with Crippen molar-refractivity contribution in [2.24, 2.45) is 0 Å². The second-order valence-corrected chi connectivity index (χ2v) is 3.76. The van der Waals surface area contributed by atoms with E-state index in [1.54, 1.807) is 32.2 Å². The van der Waals surface area contributed by atoms with Crippen LogP contribution < -0.4 is 4.74 Å². The van der Waals surface area contributed by atoms with Gasteiger partial charge in [-0.25, -0.2) is 4.79 Å². The van der Waals surface area contributed by atoms with Crippen molar-refractivity contribution >= 4 is 5.97 Å². The van der Waals surface area contributed by atoms with E-state index in [-0.39, 0.29) is 5.97 Å². The fourth-order valence-corrected chi connectivity index (χ4v) is 1.50. The maximum Gasteiger partial charge on any atom is 0.341 e. The van der Waals surface area contributed by atoms with Crippen LogP contribution in [-0.4, -0.2) is 32.9 Å². The van der Waals surface area contributed by atoms with Crippen molar-refractivity contribution in [2.75, 3.05) is 26.9 Å². The smallest absolute Gasteiger partial charge is 0.341 e. The van der Waals surface area contributed by atoms with Gasteiger partial charge in [0.15, 0.2) is 0 Å². The Morgan fingerprint density at radius 3 is 2.61 bits per heavy atom. The highest BCUT2D eigenvalue weighted by Crippen LogP contribution is 2.19. The number of para-hydroxylation sites is 1. The van der Waals surface area contributed by atoms with Gasteiger partial charge < -0.3 is 14.2 Å². The molecular weight excluding hydrogens is 232 g/mol. The summed E-state index contributed by atoms with van der Waals surface area (Å²) in [5.74, 6) is 0.235. The number of esters is 1. The van der Waals surface area contributed by atoms with E-state index in [1.165, 1.54) is 0 Å². The summed E-state index contributed by atoms with van der Waals surface area (Å²) in [6.45, 7) is 3.44. The second kappa shape index (κ2) is 8.53. The molecule has 100 valence electrons. The lowest BCUT2D eigenvalue weighted by Gasteiger charge is -2.10. The molecule has 0 aliphatic carbocycles. The number of unbranched alkanes of at least 4 members (excludes halogenated alkanes) is 1. The summed E-state index contributed by atoms with van der Waals surface area (Å²) in [7, 11) is 1.68. The fourth-order valence-electron chi connectivity index (χ4n) is 1.50. The zero-order chi connectivity index (χ0) is 13.2. The van der Waals surface area contributed by atoms with E-state index in [2.05, 4.69) is 0 Å². The molecule has 0 fully saturated rings. The normalized spacial score (nSPS) is 10.1. The number of hydrogen-bond acceptors (Lipinski definition) is 4. The van der Waals surface area contributed by atoms with Crippen LogP contribution in [0.1, 0.15) is 30.1 Å². The lowest BCUT2D eigenvalue weighted by Crippen LogP contribution is -2.08. The molecule has 0 radical (unpaired) electrons. The van der Waals surface area contributed by atoms with Crippen LogP contribution in [0.3, 0.4) is 0 Å². The van der Waals surface area contributed by atoms with Crippen molar-refractivity contribution in [3.63, 3.8) is 0 Å². The highest BCUT2D eigenvalue weighted by molar-refractivity contribution is 5.92. The molecule has 4 nitrogen and oxygen atoms in total. The largest absolute Gasteiger partial charge is 0.493 e. The van der Waals surface area contributed by atoms with Crippen LogP contribution in [0.5, 0.6) is 5.75 Å². The van der Waals surface area contributed by atoms with Gasteiger partial charge in [-0.2, -0.15) is 0 Å². The van der Waals surface area contributed by atoms with E-state index in [0.29, 0.717) is 24.5 Å². The molecule has 0 bridgehead atoms. The quantitative estimate of drug-likeness (QED) is 0.527. The molecule has 0 heterocycles. The highest BCUT2D eigenvalue weighted by atomic mass is 16.5. The van der Waals surface area contributed by atoms with Crippen LogP contribution in [0.4, 0.5) is 0 Å². The minimum Gasteiger partial charge on any atom is -0.493 e. The van der Waals surface area contributed by atoms with Crippen LogP contribution in [0.2, 0.25) is 0 Å². The Bertz CT molecular complexity index is 363. The van der Waals surface area contributed by atoms with Gasteiger partial charge >= 0.3 is 5.97 Å². The molecule has 0 unspecified atom stereocenters. The van der Waals surface area contributed by atoms with Gasteiger partial charge in [-0.05, 0) is 31.9 Å². The number of ether oxygens (including phenoxy) is 3. The Morgan fingerprint density at radius 2 is 1.89 bits per heavy atom. The van der Waals surface area contributed by atoms with Gasteiger partial charge in [0.05, 0.1) is 13.2 Å². The molecule has 1 aromatic carbocycles. The lowest BCUT2D eigenvalue weighted by atomic mass is 10.2. The standard InChI is InChI=1S/C14H20O4/c1-3-17-14(15)12-8-4-5-9-13(12)18-11-7-6-10-16-2/h4-5,8-9H,3,6-7,10-11H2,1-2H3. The first kappa shape index (κ1) is 14.5. The fraction of sp³-hybridized carbons (Fsp3) is 0.500.